The summed E-state index contributed by atoms with van der Waals surface area (Å²) in [5.74, 6) is -0.508. The van der Waals surface area contributed by atoms with E-state index in [0.717, 1.165) is 23.7 Å². The van der Waals surface area contributed by atoms with Crippen molar-refractivity contribution in [3.8, 4) is 6.07 Å². The maximum absolute atomic E-state index is 12.7. The average molecular weight is 339 g/mol. The van der Waals surface area contributed by atoms with Gasteiger partial charge >= 0.3 is 5.97 Å². The molecule has 0 bridgehead atoms. The summed E-state index contributed by atoms with van der Waals surface area (Å²) < 4.78 is 6.89. The summed E-state index contributed by atoms with van der Waals surface area (Å²) >= 11 is 0. The van der Waals surface area contributed by atoms with Crippen molar-refractivity contribution in [2.45, 2.75) is 26.3 Å². The van der Waals surface area contributed by atoms with Gasteiger partial charge in [0.25, 0.3) is 0 Å². The van der Waals surface area contributed by atoms with Gasteiger partial charge in [0, 0.05) is 30.2 Å². The Morgan fingerprint density at radius 3 is 2.92 bits per heavy atom. The molecule has 130 valence electrons. The zero-order chi connectivity index (χ0) is 17.8. The highest BCUT2D eigenvalue weighted by Gasteiger charge is 2.29. The van der Waals surface area contributed by atoms with Crippen molar-refractivity contribution in [2.75, 3.05) is 19.7 Å². The number of benzene rings is 1. The lowest BCUT2D eigenvalue weighted by Gasteiger charge is -2.31. The molecule has 6 heteroatoms. The van der Waals surface area contributed by atoms with E-state index in [1.165, 1.54) is 0 Å². The number of aromatic nitrogens is 1. The molecule has 1 aliphatic heterocycles. The molecule has 2 aromatic rings. The molecule has 0 aliphatic carbocycles. The minimum atomic E-state index is -0.242. The predicted molar refractivity (Wildman–Crippen MR) is 92.6 cm³/mol. The number of ether oxygens (including phenoxy) is 1. The molecule has 0 saturated carbocycles. The van der Waals surface area contributed by atoms with E-state index in [0.29, 0.717) is 25.3 Å². The third-order valence-electron chi connectivity index (χ3n) is 4.61. The summed E-state index contributed by atoms with van der Waals surface area (Å²) in [6.07, 6.45) is 3.27. The SMILES string of the molecule is CCOC(=O)[C@H]1CCCN(C(=O)Cn2cc(C#N)c3ccccc32)C1. The van der Waals surface area contributed by atoms with E-state index < -0.39 is 0 Å². The molecule has 0 unspecified atom stereocenters. The molecule has 0 N–H and O–H groups in total. The fourth-order valence-electron chi connectivity index (χ4n) is 3.37. The first-order chi connectivity index (χ1) is 12.1. The number of rotatable bonds is 4. The molecule has 1 aromatic carbocycles. The van der Waals surface area contributed by atoms with E-state index in [-0.39, 0.29) is 24.3 Å². The smallest absolute Gasteiger partial charge is 0.310 e. The Morgan fingerprint density at radius 2 is 2.16 bits per heavy atom. The number of hydrogen-bond acceptors (Lipinski definition) is 4. The number of nitriles is 1. The first-order valence-corrected chi connectivity index (χ1v) is 8.56. The van der Waals surface area contributed by atoms with Gasteiger partial charge in [-0.25, -0.2) is 0 Å². The molecule has 1 saturated heterocycles. The van der Waals surface area contributed by atoms with E-state index in [1.54, 1.807) is 18.0 Å². The fourth-order valence-corrected chi connectivity index (χ4v) is 3.37. The van der Waals surface area contributed by atoms with Gasteiger partial charge in [-0.1, -0.05) is 18.2 Å². The molecular weight excluding hydrogens is 318 g/mol. The van der Waals surface area contributed by atoms with Crippen molar-refractivity contribution in [3.05, 3.63) is 36.0 Å². The van der Waals surface area contributed by atoms with Crippen LogP contribution >= 0.6 is 0 Å². The monoisotopic (exact) mass is 339 g/mol. The number of likely N-dealkylation sites (tertiary alicyclic amines) is 1. The van der Waals surface area contributed by atoms with Gasteiger partial charge in [-0.05, 0) is 25.8 Å². The first kappa shape index (κ1) is 17.0. The van der Waals surface area contributed by atoms with Gasteiger partial charge in [-0.2, -0.15) is 5.26 Å². The second-order valence-corrected chi connectivity index (χ2v) is 6.23. The Hall–Kier alpha value is -2.81. The van der Waals surface area contributed by atoms with E-state index in [1.807, 2.05) is 28.8 Å². The molecule has 25 heavy (non-hydrogen) atoms. The van der Waals surface area contributed by atoms with Crippen LogP contribution in [0, 0.1) is 17.2 Å². The van der Waals surface area contributed by atoms with Crippen LogP contribution in [-0.4, -0.2) is 41.0 Å². The van der Waals surface area contributed by atoms with E-state index in [2.05, 4.69) is 6.07 Å². The summed E-state index contributed by atoms with van der Waals surface area (Å²) in [5.41, 5.74) is 1.43. The topological polar surface area (TPSA) is 75.3 Å². The Balaban J connectivity index is 1.74. The largest absolute Gasteiger partial charge is 0.466 e. The van der Waals surface area contributed by atoms with E-state index >= 15 is 0 Å². The van der Waals surface area contributed by atoms with Crippen LogP contribution in [0.1, 0.15) is 25.3 Å². The Morgan fingerprint density at radius 1 is 1.36 bits per heavy atom. The molecule has 1 amide bonds. The van der Waals surface area contributed by atoms with E-state index in [9.17, 15) is 14.9 Å². The van der Waals surface area contributed by atoms with Crippen molar-refractivity contribution in [1.82, 2.24) is 9.47 Å². The van der Waals surface area contributed by atoms with Crippen LogP contribution in [0.4, 0.5) is 0 Å². The summed E-state index contributed by atoms with van der Waals surface area (Å²) in [6.45, 7) is 3.36. The number of piperidine rings is 1. The van der Waals surface area contributed by atoms with Crippen molar-refractivity contribution < 1.29 is 14.3 Å². The molecule has 1 fully saturated rings. The number of carbonyl (C=O) groups is 2. The lowest BCUT2D eigenvalue weighted by atomic mass is 9.98. The highest BCUT2D eigenvalue weighted by molar-refractivity contribution is 5.88. The number of para-hydroxylation sites is 1. The second-order valence-electron chi connectivity index (χ2n) is 6.23. The number of nitrogens with zero attached hydrogens (tertiary/aromatic N) is 3. The van der Waals surface area contributed by atoms with Crippen LogP contribution in [0.25, 0.3) is 10.9 Å². The number of fused-ring (bicyclic) bond motifs is 1. The second kappa shape index (κ2) is 7.39. The third-order valence-corrected chi connectivity index (χ3v) is 4.61. The average Bonchev–Trinajstić information content (AvgIpc) is 3.00. The Bertz CT molecular complexity index is 834. The normalized spacial score (nSPS) is 17.3. The van der Waals surface area contributed by atoms with Crippen LogP contribution in [0.15, 0.2) is 30.5 Å². The lowest BCUT2D eigenvalue weighted by molar-refractivity contribution is -0.151. The number of esters is 1. The summed E-state index contributed by atoms with van der Waals surface area (Å²) in [7, 11) is 0. The first-order valence-electron chi connectivity index (χ1n) is 8.56. The molecule has 2 heterocycles. The van der Waals surface area contributed by atoms with Crippen LogP contribution in [0.3, 0.4) is 0 Å². The van der Waals surface area contributed by atoms with Gasteiger partial charge in [0.2, 0.25) is 5.91 Å². The van der Waals surface area contributed by atoms with Crippen LogP contribution < -0.4 is 0 Å². The molecular formula is C19H21N3O3. The van der Waals surface area contributed by atoms with Crippen LogP contribution in [0.2, 0.25) is 0 Å². The fraction of sp³-hybridized carbons (Fsp3) is 0.421. The Kier molecular flexibility index (Phi) is 5.03. The minimum absolute atomic E-state index is 0.0424. The summed E-state index contributed by atoms with van der Waals surface area (Å²) in [6, 6.07) is 9.73. The molecule has 0 spiro atoms. The lowest BCUT2D eigenvalue weighted by Crippen LogP contribution is -2.44. The number of amides is 1. The van der Waals surface area contributed by atoms with E-state index in [4.69, 9.17) is 4.74 Å². The van der Waals surface area contributed by atoms with Crippen molar-refractivity contribution in [1.29, 1.82) is 5.26 Å². The molecule has 1 aromatic heterocycles. The maximum atomic E-state index is 12.7. The Labute approximate surface area is 146 Å². The molecule has 3 rings (SSSR count). The van der Waals surface area contributed by atoms with Crippen molar-refractivity contribution in [3.63, 3.8) is 0 Å². The van der Waals surface area contributed by atoms with Gasteiger partial charge in [0.1, 0.15) is 12.6 Å². The molecule has 1 aliphatic rings. The van der Waals surface area contributed by atoms with Gasteiger partial charge < -0.3 is 14.2 Å². The van der Waals surface area contributed by atoms with Gasteiger partial charge in [-0.15, -0.1) is 0 Å². The zero-order valence-electron chi connectivity index (χ0n) is 14.3. The third kappa shape index (κ3) is 3.50. The molecule has 1 atom stereocenters. The summed E-state index contributed by atoms with van der Waals surface area (Å²) in [5, 5.41) is 10.1. The van der Waals surface area contributed by atoms with Gasteiger partial charge in [0.05, 0.1) is 18.1 Å². The minimum Gasteiger partial charge on any atom is -0.466 e. The van der Waals surface area contributed by atoms with Crippen molar-refractivity contribution >= 4 is 22.8 Å². The molecule has 0 radical (unpaired) electrons. The highest BCUT2D eigenvalue weighted by atomic mass is 16.5. The predicted octanol–water partition coefficient (Wildman–Crippen LogP) is 2.31. The quantitative estimate of drug-likeness (QED) is 0.801. The van der Waals surface area contributed by atoms with Gasteiger partial charge in [0.15, 0.2) is 0 Å². The highest BCUT2D eigenvalue weighted by Crippen LogP contribution is 2.22. The maximum Gasteiger partial charge on any atom is 0.310 e. The van der Waals surface area contributed by atoms with Gasteiger partial charge in [-0.3, -0.25) is 9.59 Å². The van der Waals surface area contributed by atoms with Crippen LogP contribution in [0.5, 0.6) is 0 Å². The van der Waals surface area contributed by atoms with Crippen LogP contribution in [-0.2, 0) is 20.9 Å². The number of hydrogen-bond donors (Lipinski definition) is 0. The van der Waals surface area contributed by atoms with Crippen molar-refractivity contribution in [2.24, 2.45) is 5.92 Å². The number of carbonyl (C=O) groups excluding carboxylic acids is 2. The summed E-state index contributed by atoms with van der Waals surface area (Å²) in [4.78, 5) is 26.4. The molecule has 6 nitrogen and oxygen atoms in total. The standard InChI is InChI=1S/C19H21N3O3/c1-2-25-19(24)14-6-5-9-21(11-14)18(23)13-22-12-15(10-20)16-7-3-4-8-17(16)22/h3-4,7-8,12,14H,2,5-6,9,11,13H2,1H3/t14-/m0/s1. The zero-order valence-corrected chi connectivity index (χ0v) is 14.3.